The Morgan fingerprint density at radius 2 is 1.68 bits per heavy atom. The highest BCUT2D eigenvalue weighted by Gasteiger charge is 2.26. The van der Waals surface area contributed by atoms with Crippen molar-refractivity contribution in [2.75, 3.05) is 34.3 Å². The number of carbonyl (C=O) groups is 1. The minimum Gasteiger partial charge on any atom is -0.495 e. The Hall–Kier alpha value is -4.17. The van der Waals surface area contributed by atoms with Gasteiger partial charge in [0.15, 0.2) is 0 Å². The number of nitro groups is 1. The molecule has 0 fully saturated rings. The molecule has 0 aliphatic heterocycles. The zero-order valence-electron chi connectivity index (χ0n) is 20.0. The van der Waals surface area contributed by atoms with E-state index in [4.69, 9.17) is 4.74 Å². The van der Waals surface area contributed by atoms with Gasteiger partial charge < -0.3 is 10.1 Å². The first-order valence-corrected chi connectivity index (χ1v) is 13.9. The number of benzene rings is 3. The maximum Gasteiger partial charge on any atom is 0.271 e. The van der Waals surface area contributed by atoms with Gasteiger partial charge in [-0.1, -0.05) is 12.1 Å². The lowest BCUT2D eigenvalue weighted by molar-refractivity contribution is -0.384. The van der Waals surface area contributed by atoms with Gasteiger partial charge in [0.1, 0.15) is 18.0 Å². The smallest absolute Gasteiger partial charge is 0.271 e. The lowest BCUT2D eigenvalue weighted by Crippen LogP contribution is -2.37. The van der Waals surface area contributed by atoms with Crippen LogP contribution >= 0.6 is 0 Å². The Balaban J connectivity index is 1.79. The average Bonchev–Trinajstić information content (AvgIpc) is 2.81. The van der Waals surface area contributed by atoms with Gasteiger partial charge in [-0.25, -0.2) is 16.8 Å². The van der Waals surface area contributed by atoms with Crippen molar-refractivity contribution in [1.29, 1.82) is 0 Å². The third-order valence-electron chi connectivity index (χ3n) is 5.05. The van der Waals surface area contributed by atoms with E-state index in [0.29, 0.717) is 9.99 Å². The predicted octanol–water partition coefficient (Wildman–Crippen LogP) is 3.12. The van der Waals surface area contributed by atoms with Crippen LogP contribution in [0, 0.1) is 17.0 Å². The molecule has 0 heterocycles. The van der Waals surface area contributed by atoms with Crippen molar-refractivity contribution in [1.82, 2.24) is 0 Å². The topological polar surface area (TPSA) is 165 Å². The largest absolute Gasteiger partial charge is 0.495 e. The van der Waals surface area contributed by atoms with Crippen LogP contribution in [0.5, 0.6) is 5.75 Å². The number of nitrogens with one attached hydrogen (secondary N) is 2. The molecule has 3 rings (SSSR count). The van der Waals surface area contributed by atoms with Gasteiger partial charge in [0, 0.05) is 23.5 Å². The number of carbonyl (C=O) groups excluding carboxylic acids is 1. The molecule has 0 spiro atoms. The number of nitrogens with zero attached hydrogens (tertiary/aromatic N) is 2. The van der Waals surface area contributed by atoms with Gasteiger partial charge in [-0.05, 0) is 55.0 Å². The zero-order valence-corrected chi connectivity index (χ0v) is 21.7. The van der Waals surface area contributed by atoms with Crippen LogP contribution in [0.25, 0.3) is 0 Å². The van der Waals surface area contributed by atoms with Crippen LogP contribution in [0.4, 0.5) is 22.7 Å². The fraction of sp³-hybridized carbons (Fsp3) is 0.174. The minimum atomic E-state index is -4.06. The van der Waals surface area contributed by atoms with Gasteiger partial charge in [0.25, 0.3) is 15.7 Å². The Labute approximate surface area is 214 Å². The molecule has 0 aliphatic rings. The number of anilines is 3. The van der Waals surface area contributed by atoms with Crippen molar-refractivity contribution in [2.24, 2.45) is 0 Å². The van der Waals surface area contributed by atoms with E-state index in [9.17, 15) is 31.7 Å². The first-order chi connectivity index (χ1) is 17.3. The van der Waals surface area contributed by atoms with E-state index >= 15 is 0 Å². The van der Waals surface area contributed by atoms with Crippen molar-refractivity contribution in [3.63, 3.8) is 0 Å². The Kier molecular flexibility index (Phi) is 8.03. The SMILES string of the molecule is COc1ccc([N+](=O)[O-])cc1N(CC(=O)Nc1ccc(S(=O)(=O)Nc2cccc(C)c2)cc1)S(C)(=O)=O. The number of hydrogen-bond donors (Lipinski definition) is 2. The summed E-state index contributed by atoms with van der Waals surface area (Å²) in [4.78, 5) is 23.1. The Bertz CT molecular complexity index is 1540. The fourth-order valence-corrected chi connectivity index (χ4v) is 5.24. The lowest BCUT2D eigenvalue weighted by Gasteiger charge is -2.23. The van der Waals surface area contributed by atoms with E-state index < -0.39 is 37.4 Å². The standard InChI is InChI=1S/C23H24N4O8S2/c1-16-5-4-6-18(13-16)25-37(33,34)20-10-7-17(8-11-20)24-23(28)15-26(36(3,31)32)21-14-19(27(29)30)9-12-22(21)35-2/h4-14,25H,15H2,1-3H3,(H,24,28). The van der Waals surface area contributed by atoms with Crippen molar-refractivity contribution >= 4 is 48.7 Å². The number of hydrogen-bond acceptors (Lipinski definition) is 8. The number of nitro benzene ring substituents is 1. The summed E-state index contributed by atoms with van der Waals surface area (Å²) in [5, 5.41) is 13.7. The number of aryl methyl sites for hydroxylation is 1. The van der Waals surface area contributed by atoms with E-state index in [-0.39, 0.29) is 27.7 Å². The van der Waals surface area contributed by atoms with Gasteiger partial charge in [0.05, 0.1) is 23.2 Å². The Morgan fingerprint density at radius 1 is 1.00 bits per heavy atom. The van der Waals surface area contributed by atoms with Gasteiger partial charge in [-0.2, -0.15) is 0 Å². The predicted molar refractivity (Wildman–Crippen MR) is 139 cm³/mol. The van der Waals surface area contributed by atoms with E-state index in [0.717, 1.165) is 24.0 Å². The van der Waals surface area contributed by atoms with Gasteiger partial charge in [0.2, 0.25) is 15.9 Å². The molecule has 0 atom stereocenters. The minimum absolute atomic E-state index is 0.0134. The van der Waals surface area contributed by atoms with Crippen molar-refractivity contribution < 1.29 is 31.3 Å². The number of methoxy groups -OCH3 is 1. The van der Waals surface area contributed by atoms with E-state index in [1.165, 1.54) is 37.4 Å². The highest BCUT2D eigenvalue weighted by atomic mass is 32.2. The molecule has 2 N–H and O–H groups in total. The molecule has 1 amide bonds. The van der Waals surface area contributed by atoms with Crippen LogP contribution < -0.4 is 19.1 Å². The van der Waals surface area contributed by atoms with Crippen LogP contribution in [0.15, 0.2) is 71.6 Å². The summed E-state index contributed by atoms with van der Waals surface area (Å²) < 4.78 is 58.5. The Morgan fingerprint density at radius 3 is 2.24 bits per heavy atom. The molecule has 0 bridgehead atoms. The second-order valence-electron chi connectivity index (χ2n) is 7.93. The van der Waals surface area contributed by atoms with E-state index in [1.54, 1.807) is 18.2 Å². The molecule has 0 aromatic heterocycles. The summed E-state index contributed by atoms with van der Waals surface area (Å²) in [5.41, 5.74) is 0.914. The third-order valence-corrected chi connectivity index (χ3v) is 7.57. The number of sulfonamides is 2. The molecule has 37 heavy (non-hydrogen) atoms. The van der Waals surface area contributed by atoms with Crippen molar-refractivity contribution in [3.05, 3.63) is 82.4 Å². The third kappa shape index (κ3) is 6.95. The molecule has 0 saturated heterocycles. The van der Waals surface area contributed by atoms with Crippen LogP contribution in [0.3, 0.4) is 0 Å². The maximum absolute atomic E-state index is 12.7. The highest BCUT2D eigenvalue weighted by molar-refractivity contribution is 7.92. The summed E-state index contributed by atoms with van der Waals surface area (Å²) in [6.45, 7) is 1.11. The van der Waals surface area contributed by atoms with Gasteiger partial charge in [-0.15, -0.1) is 0 Å². The first-order valence-electron chi connectivity index (χ1n) is 10.6. The lowest BCUT2D eigenvalue weighted by atomic mass is 10.2. The quantitative estimate of drug-likeness (QED) is 0.288. The molecule has 0 unspecified atom stereocenters. The van der Waals surface area contributed by atoms with Crippen LogP contribution in [-0.2, 0) is 24.8 Å². The number of ether oxygens (including phenoxy) is 1. The molecular formula is C23H24N4O8S2. The highest BCUT2D eigenvalue weighted by Crippen LogP contribution is 2.33. The fourth-order valence-electron chi connectivity index (χ4n) is 3.34. The van der Waals surface area contributed by atoms with Crippen LogP contribution in [0.2, 0.25) is 0 Å². The number of amides is 1. The second-order valence-corrected chi connectivity index (χ2v) is 11.5. The molecular weight excluding hydrogens is 524 g/mol. The maximum atomic E-state index is 12.7. The van der Waals surface area contributed by atoms with Crippen molar-refractivity contribution in [3.8, 4) is 5.75 Å². The van der Waals surface area contributed by atoms with Gasteiger partial charge >= 0.3 is 0 Å². The molecule has 12 nitrogen and oxygen atoms in total. The first kappa shape index (κ1) is 27.4. The monoisotopic (exact) mass is 548 g/mol. The summed E-state index contributed by atoms with van der Waals surface area (Å²) >= 11 is 0. The zero-order chi connectivity index (χ0) is 27.4. The van der Waals surface area contributed by atoms with Crippen LogP contribution in [-0.4, -0.2) is 47.6 Å². The molecule has 14 heteroatoms. The summed E-state index contributed by atoms with van der Waals surface area (Å²) in [6, 6.07) is 15.5. The van der Waals surface area contributed by atoms with Gasteiger partial charge in [-0.3, -0.25) is 23.9 Å². The number of rotatable bonds is 10. The molecule has 3 aromatic rings. The normalized spacial score (nSPS) is 11.4. The van der Waals surface area contributed by atoms with E-state index in [2.05, 4.69) is 10.0 Å². The average molecular weight is 549 g/mol. The molecule has 0 radical (unpaired) electrons. The summed E-state index contributed by atoms with van der Waals surface area (Å²) in [7, 11) is -6.69. The molecule has 196 valence electrons. The molecule has 0 saturated carbocycles. The second kappa shape index (κ2) is 10.8. The number of non-ortho nitro benzene ring substituents is 1. The summed E-state index contributed by atoms with van der Waals surface area (Å²) in [6.07, 6.45) is 0.847. The molecule has 0 aliphatic carbocycles. The van der Waals surface area contributed by atoms with Crippen molar-refractivity contribution in [2.45, 2.75) is 11.8 Å². The molecule has 3 aromatic carbocycles. The van der Waals surface area contributed by atoms with Crippen LogP contribution in [0.1, 0.15) is 5.56 Å². The van der Waals surface area contributed by atoms with E-state index in [1.807, 2.05) is 13.0 Å². The summed E-state index contributed by atoms with van der Waals surface area (Å²) in [5.74, 6) is -0.757.